The number of carbonyl (C=O) groups is 1. The Labute approximate surface area is 293 Å². The van der Waals surface area contributed by atoms with E-state index in [0.717, 1.165) is 54.8 Å². The Hall–Kier alpha value is -1.05. The third-order valence-corrected chi connectivity index (χ3v) is 14.2. The van der Waals surface area contributed by atoms with Crippen LogP contribution in [0.4, 0.5) is 0 Å². The molecule has 0 spiro atoms. The third kappa shape index (κ3) is 10.7. The predicted molar refractivity (Wildman–Crippen MR) is 202 cm³/mol. The Balaban J connectivity index is 1.11. The van der Waals surface area contributed by atoms with Crippen LogP contribution in [0.3, 0.4) is 0 Å². The molecule has 0 saturated heterocycles. The fourth-order valence-corrected chi connectivity index (χ4v) is 11.3. The number of fused-ring (bicyclic) bond motifs is 5. The zero-order valence-corrected chi connectivity index (χ0v) is 32.3. The van der Waals surface area contributed by atoms with Crippen molar-refractivity contribution in [3.8, 4) is 0 Å². The molecular weight excluding hydrogens is 572 g/mol. The highest BCUT2D eigenvalue weighted by Crippen LogP contribution is 2.67. The van der Waals surface area contributed by atoms with Gasteiger partial charge >= 0.3 is 5.97 Å². The Bertz CT molecular complexity index is 976. The summed E-state index contributed by atoms with van der Waals surface area (Å²) in [5.74, 6) is 5.32. The van der Waals surface area contributed by atoms with Gasteiger partial charge in [-0.3, -0.25) is 4.79 Å². The normalized spacial score (nSPS) is 32.6. The molecule has 0 radical (unpaired) electrons. The number of hydrogen-bond acceptors (Lipinski definition) is 2. The fraction of sp³-hybridized carbons (Fsp3) is 0.889. The average molecular weight is 651 g/mol. The third-order valence-electron chi connectivity index (χ3n) is 14.2. The topological polar surface area (TPSA) is 26.3 Å². The molecule has 4 rings (SSSR count). The van der Waals surface area contributed by atoms with Gasteiger partial charge in [0.05, 0.1) is 0 Å². The van der Waals surface area contributed by atoms with E-state index in [1.165, 1.54) is 135 Å². The highest BCUT2D eigenvalue weighted by atomic mass is 16.5. The van der Waals surface area contributed by atoms with Crippen LogP contribution in [0.25, 0.3) is 0 Å². The van der Waals surface area contributed by atoms with Crippen LogP contribution >= 0.6 is 0 Å². The van der Waals surface area contributed by atoms with Gasteiger partial charge in [-0.1, -0.05) is 136 Å². The lowest BCUT2D eigenvalue weighted by molar-refractivity contribution is -0.151. The van der Waals surface area contributed by atoms with Crippen LogP contribution in [0.1, 0.15) is 202 Å². The highest BCUT2D eigenvalue weighted by Gasteiger charge is 2.59. The van der Waals surface area contributed by atoms with Gasteiger partial charge in [-0.05, 0) is 123 Å². The van der Waals surface area contributed by atoms with Crippen LogP contribution in [0.5, 0.6) is 0 Å². The number of esters is 1. The number of allylic oxidation sites excluding steroid dienone is 3. The zero-order valence-electron chi connectivity index (χ0n) is 32.3. The van der Waals surface area contributed by atoms with Gasteiger partial charge in [-0.15, -0.1) is 0 Å². The Morgan fingerprint density at radius 1 is 0.809 bits per heavy atom. The summed E-state index contributed by atoms with van der Waals surface area (Å²) in [4.78, 5) is 12.8. The van der Waals surface area contributed by atoms with Crippen LogP contribution in [-0.2, 0) is 9.53 Å². The van der Waals surface area contributed by atoms with E-state index in [1.807, 2.05) is 0 Å². The van der Waals surface area contributed by atoms with Gasteiger partial charge in [0.25, 0.3) is 0 Å². The summed E-state index contributed by atoms with van der Waals surface area (Å²) in [6.07, 6.45) is 39.4. The second-order valence-corrected chi connectivity index (χ2v) is 18.0. The van der Waals surface area contributed by atoms with Crippen molar-refractivity contribution in [1.29, 1.82) is 0 Å². The molecule has 47 heavy (non-hydrogen) atoms. The second kappa shape index (κ2) is 19.4. The minimum Gasteiger partial charge on any atom is -0.462 e. The van der Waals surface area contributed by atoms with Crippen LogP contribution in [-0.4, -0.2) is 12.1 Å². The molecule has 0 N–H and O–H groups in total. The quantitative estimate of drug-likeness (QED) is 0.0702. The van der Waals surface area contributed by atoms with Crippen LogP contribution < -0.4 is 0 Å². The molecule has 3 fully saturated rings. The maximum absolute atomic E-state index is 12.8. The number of ether oxygens (including phenoxy) is 1. The summed E-state index contributed by atoms with van der Waals surface area (Å²) in [5.41, 5.74) is 2.53. The van der Waals surface area contributed by atoms with Crippen molar-refractivity contribution >= 4 is 5.97 Å². The number of rotatable bonds is 21. The Morgan fingerprint density at radius 3 is 2.19 bits per heavy atom. The standard InChI is InChI=1S/C45H78O2/c1-7-8-9-10-11-12-13-14-15-16-17-18-19-20-21-25-43(46)47-38-30-32-44(5)37(34-38)26-27-39-41-29-28-40(36(4)24-22-23-35(2)3)45(41,6)33-31-42(39)44/h12-13,26,35-36,38-42H,7-11,14-25,27-34H2,1-6H3/b13-12+/t36-,38+,39+,40-,41+,42+,44+,45-/m1/s1. The number of unbranched alkanes of at least 4 members (excludes halogenated alkanes) is 11. The highest BCUT2D eigenvalue weighted by molar-refractivity contribution is 5.69. The molecule has 0 amide bonds. The molecule has 270 valence electrons. The van der Waals surface area contributed by atoms with E-state index in [0.29, 0.717) is 17.3 Å². The zero-order chi connectivity index (χ0) is 33.7. The van der Waals surface area contributed by atoms with Crippen molar-refractivity contribution in [2.45, 2.75) is 208 Å². The molecule has 4 aliphatic carbocycles. The Kier molecular flexibility index (Phi) is 16.0. The Morgan fingerprint density at radius 2 is 1.49 bits per heavy atom. The molecule has 0 unspecified atom stereocenters. The lowest BCUT2D eigenvalue weighted by Crippen LogP contribution is -2.51. The first kappa shape index (κ1) is 38.7. The van der Waals surface area contributed by atoms with Gasteiger partial charge in [-0.2, -0.15) is 0 Å². The van der Waals surface area contributed by atoms with Crippen molar-refractivity contribution in [2.24, 2.45) is 46.3 Å². The molecule has 4 aliphatic rings. The summed E-state index contributed by atoms with van der Waals surface area (Å²) >= 11 is 0. The number of hydrogen-bond donors (Lipinski definition) is 0. The maximum Gasteiger partial charge on any atom is 0.306 e. The van der Waals surface area contributed by atoms with Gasteiger partial charge in [0.15, 0.2) is 0 Å². The minimum absolute atomic E-state index is 0.0577. The molecule has 8 atom stereocenters. The molecule has 2 heteroatoms. The van der Waals surface area contributed by atoms with E-state index in [9.17, 15) is 4.79 Å². The van der Waals surface area contributed by atoms with Crippen LogP contribution in [0.15, 0.2) is 23.8 Å². The van der Waals surface area contributed by atoms with Crippen LogP contribution in [0.2, 0.25) is 0 Å². The first-order chi connectivity index (χ1) is 22.7. The predicted octanol–water partition coefficient (Wildman–Crippen LogP) is 14.0. The average Bonchev–Trinajstić information content (AvgIpc) is 3.40. The molecule has 2 nitrogen and oxygen atoms in total. The fourth-order valence-electron chi connectivity index (χ4n) is 11.3. The summed E-state index contributed by atoms with van der Waals surface area (Å²) in [6, 6.07) is 0. The molecule has 0 heterocycles. The van der Waals surface area contributed by atoms with E-state index in [1.54, 1.807) is 5.57 Å². The first-order valence-corrected chi connectivity index (χ1v) is 21.2. The summed E-state index contributed by atoms with van der Waals surface area (Å²) in [7, 11) is 0. The van der Waals surface area contributed by atoms with E-state index in [-0.39, 0.29) is 12.1 Å². The van der Waals surface area contributed by atoms with Crippen molar-refractivity contribution in [1.82, 2.24) is 0 Å². The largest absolute Gasteiger partial charge is 0.462 e. The van der Waals surface area contributed by atoms with Gasteiger partial charge < -0.3 is 4.74 Å². The molecule has 0 aromatic rings. The molecule has 0 aromatic carbocycles. The number of carbonyl (C=O) groups excluding carboxylic acids is 1. The van der Waals surface area contributed by atoms with E-state index in [2.05, 4.69) is 59.8 Å². The van der Waals surface area contributed by atoms with Crippen molar-refractivity contribution in [2.75, 3.05) is 0 Å². The van der Waals surface area contributed by atoms with Gasteiger partial charge in [0.2, 0.25) is 0 Å². The summed E-state index contributed by atoms with van der Waals surface area (Å²) in [5, 5.41) is 0. The lowest BCUT2D eigenvalue weighted by atomic mass is 9.47. The maximum atomic E-state index is 12.8. The summed E-state index contributed by atoms with van der Waals surface area (Å²) < 4.78 is 6.13. The lowest BCUT2D eigenvalue weighted by Gasteiger charge is -2.58. The SMILES string of the molecule is CCCCCC/C=C/CCCCCCCCCC(=O)O[C@H]1CC[C@@]2(C)C(=CC[C@H]3[C@@H]4CC[C@H]([C@H](C)CCCC(C)C)[C@@]4(C)CC[C@@H]32)C1. The van der Waals surface area contributed by atoms with E-state index >= 15 is 0 Å². The van der Waals surface area contributed by atoms with Crippen LogP contribution in [0, 0.1) is 46.3 Å². The first-order valence-electron chi connectivity index (χ1n) is 21.2. The molecule has 0 bridgehead atoms. The van der Waals surface area contributed by atoms with Gasteiger partial charge in [0.1, 0.15) is 6.10 Å². The smallest absolute Gasteiger partial charge is 0.306 e. The van der Waals surface area contributed by atoms with Gasteiger partial charge in [-0.25, -0.2) is 0 Å². The monoisotopic (exact) mass is 651 g/mol. The minimum atomic E-state index is 0.0577. The van der Waals surface area contributed by atoms with E-state index in [4.69, 9.17) is 4.74 Å². The van der Waals surface area contributed by atoms with Crippen molar-refractivity contribution < 1.29 is 9.53 Å². The van der Waals surface area contributed by atoms with Crippen molar-refractivity contribution in [3.63, 3.8) is 0 Å². The molecule has 0 aromatic heterocycles. The second-order valence-electron chi connectivity index (χ2n) is 18.0. The van der Waals surface area contributed by atoms with E-state index < -0.39 is 0 Å². The molecular formula is C45H78O2. The molecule has 3 saturated carbocycles. The van der Waals surface area contributed by atoms with Crippen molar-refractivity contribution in [3.05, 3.63) is 23.8 Å². The van der Waals surface area contributed by atoms with Gasteiger partial charge in [0, 0.05) is 12.8 Å². The summed E-state index contributed by atoms with van der Waals surface area (Å²) in [6.45, 7) is 14.9. The molecule has 0 aliphatic heterocycles.